The van der Waals surface area contributed by atoms with E-state index >= 15 is 0 Å². The summed E-state index contributed by atoms with van der Waals surface area (Å²) in [4.78, 5) is 11.4. The Hall–Kier alpha value is -2.23. The Balaban J connectivity index is 2.32. The zero-order chi connectivity index (χ0) is 15.4. The van der Waals surface area contributed by atoms with E-state index in [1.807, 2.05) is 45.9 Å². The molecule has 0 spiro atoms. The average molecular weight is 286 g/mol. The Morgan fingerprint density at radius 3 is 2.05 bits per heavy atom. The summed E-state index contributed by atoms with van der Waals surface area (Å²) in [6.45, 7) is 7.64. The summed E-state index contributed by atoms with van der Waals surface area (Å²) in [5.74, 6) is 0.823. The topological polar surface area (TPSA) is 55.8 Å². The molecule has 21 heavy (non-hydrogen) atoms. The molecule has 4 nitrogen and oxygen atoms in total. The van der Waals surface area contributed by atoms with Gasteiger partial charge in [-0.2, -0.15) is 0 Å². The number of hydrogen-bond donors (Lipinski definition) is 1. The second-order valence-electron chi connectivity index (χ2n) is 6.44. The van der Waals surface area contributed by atoms with Crippen molar-refractivity contribution in [3.63, 3.8) is 0 Å². The minimum atomic E-state index is -0.536. The van der Waals surface area contributed by atoms with Crippen LogP contribution in [-0.2, 0) is 0 Å². The molecule has 3 rings (SSSR count). The van der Waals surface area contributed by atoms with Crippen LogP contribution in [0.1, 0.15) is 49.2 Å². The summed E-state index contributed by atoms with van der Waals surface area (Å²) in [6, 6.07) is 0. The molecule has 2 aliphatic heterocycles. The third-order valence-corrected chi connectivity index (χ3v) is 3.64. The van der Waals surface area contributed by atoms with Crippen LogP contribution in [0.25, 0.3) is 12.2 Å². The van der Waals surface area contributed by atoms with E-state index in [0.29, 0.717) is 28.9 Å². The quantitative estimate of drug-likeness (QED) is 0.802. The van der Waals surface area contributed by atoms with Crippen molar-refractivity contribution in [1.29, 1.82) is 0 Å². The lowest BCUT2D eigenvalue weighted by Gasteiger charge is -2.34. The Labute approximate surface area is 123 Å². The maximum absolute atomic E-state index is 11.4. The van der Waals surface area contributed by atoms with Crippen LogP contribution in [-0.4, -0.2) is 22.6 Å². The first-order valence-corrected chi connectivity index (χ1v) is 6.89. The number of carbonyl (C=O) groups is 1. The maximum atomic E-state index is 11.4. The largest absolute Gasteiger partial charge is 0.506 e. The highest BCUT2D eigenvalue weighted by atomic mass is 16.5. The van der Waals surface area contributed by atoms with Crippen molar-refractivity contribution in [2.24, 2.45) is 0 Å². The molecule has 0 bridgehead atoms. The van der Waals surface area contributed by atoms with Gasteiger partial charge >= 0.3 is 0 Å². The molecule has 0 radical (unpaired) electrons. The van der Waals surface area contributed by atoms with Crippen molar-refractivity contribution in [2.75, 3.05) is 0 Å². The lowest BCUT2D eigenvalue weighted by Crippen LogP contribution is -2.31. The number of rotatable bonds is 1. The lowest BCUT2D eigenvalue weighted by atomic mass is 9.92. The van der Waals surface area contributed by atoms with E-state index in [4.69, 9.17) is 9.47 Å². The van der Waals surface area contributed by atoms with Crippen molar-refractivity contribution >= 4 is 18.4 Å². The van der Waals surface area contributed by atoms with Crippen molar-refractivity contribution in [3.8, 4) is 17.2 Å². The van der Waals surface area contributed by atoms with Crippen molar-refractivity contribution in [3.05, 3.63) is 28.8 Å². The fraction of sp³-hybridized carbons (Fsp3) is 0.353. The van der Waals surface area contributed by atoms with Crippen LogP contribution in [0.15, 0.2) is 12.2 Å². The van der Waals surface area contributed by atoms with Gasteiger partial charge in [-0.25, -0.2) is 0 Å². The predicted octanol–water partition coefficient (Wildman–Crippen LogP) is 3.57. The van der Waals surface area contributed by atoms with Gasteiger partial charge in [0, 0.05) is 0 Å². The number of hydrogen-bond acceptors (Lipinski definition) is 4. The van der Waals surface area contributed by atoms with Crippen LogP contribution in [0.3, 0.4) is 0 Å². The molecule has 0 saturated heterocycles. The standard InChI is InChI=1S/C17H18O4/c1-16(2)7-5-10-13(19)12(9-18)15-11(14(10)20-16)6-8-17(3,4)21-15/h5-9,19H,1-4H3. The van der Waals surface area contributed by atoms with Gasteiger partial charge in [0.25, 0.3) is 0 Å². The molecule has 0 aromatic heterocycles. The molecule has 0 fully saturated rings. The van der Waals surface area contributed by atoms with Crippen LogP contribution in [0.5, 0.6) is 17.2 Å². The Morgan fingerprint density at radius 2 is 1.48 bits per heavy atom. The Morgan fingerprint density at radius 1 is 0.952 bits per heavy atom. The summed E-state index contributed by atoms with van der Waals surface area (Å²) in [5.41, 5.74) is 0.362. The maximum Gasteiger partial charge on any atom is 0.157 e. The van der Waals surface area contributed by atoms with Gasteiger partial charge in [0.05, 0.1) is 16.7 Å². The van der Waals surface area contributed by atoms with Crippen LogP contribution < -0.4 is 9.47 Å². The number of benzene rings is 1. The van der Waals surface area contributed by atoms with E-state index in [2.05, 4.69) is 0 Å². The molecule has 1 N–H and O–H groups in total. The predicted molar refractivity (Wildman–Crippen MR) is 81.0 cm³/mol. The van der Waals surface area contributed by atoms with Crippen LogP contribution in [0.2, 0.25) is 0 Å². The molecule has 2 heterocycles. The molecule has 0 atom stereocenters. The molecular weight excluding hydrogens is 268 g/mol. The number of fused-ring (bicyclic) bond motifs is 3. The van der Waals surface area contributed by atoms with E-state index in [1.165, 1.54) is 0 Å². The number of carbonyl (C=O) groups excluding carboxylic acids is 1. The highest BCUT2D eigenvalue weighted by Crippen LogP contribution is 2.49. The first kappa shape index (κ1) is 13.7. The molecule has 110 valence electrons. The molecule has 0 saturated carbocycles. The van der Waals surface area contributed by atoms with E-state index in [9.17, 15) is 9.90 Å². The summed E-state index contributed by atoms with van der Waals surface area (Å²) < 4.78 is 11.8. The summed E-state index contributed by atoms with van der Waals surface area (Å²) in [7, 11) is 0. The smallest absolute Gasteiger partial charge is 0.157 e. The lowest BCUT2D eigenvalue weighted by molar-refractivity contribution is 0.110. The van der Waals surface area contributed by atoms with Gasteiger partial charge in [-0.05, 0) is 52.0 Å². The monoisotopic (exact) mass is 286 g/mol. The fourth-order valence-corrected chi connectivity index (χ4v) is 2.55. The summed E-state index contributed by atoms with van der Waals surface area (Å²) in [6.07, 6.45) is 8.06. The summed E-state index contributed by atoms with van der Waals surface area (Å²) in [5, 5.41) is 10.4. The molecule has 1 aromatic rings. The number of aldehydes is 1. The Kier molecular flexibility index (Phi) is 2.70. The molecule has 2 aliphatic rings. The number of phenols is 1. The minimum Gasteiger partial charge on any atom is -0.506 e. The van der Waals surface area contributed by atoms with Gasteiger partial charge in [-0.1, -0.05) is 0 Å². The third-order valence-electron chi connectivity index (χ3n) is 3.64. The molecule has 0 amide bonds. The normalized spacial score (nSPS) is 20.0. The second-order valence-corrected chi connectivity index (χ2v) is 6.44. The van der Waals surface area contributed by atoms with Gasteiger partial charge in [0.1, 0.15) is 28.5 Å². The number of aromatic hydroxyl groups is 1. The van der Waals surface area contributed by atoms with Gasteiger partial charge in [-0.3, -0.25) is 4.79 Å². The fourth-order valence-electron chi connectivity index (χ4n) is 2.55. The molecule has 4 heteroatoms. The van der Waals surface area contributed by atoms with E-state index < -0.39 is 11.2 Å². The highest BCUT2D eigenvalue weighted by Gasteiger charge is 2.34. The third kappa shape index (κ3) is 2.11. The van der Waals surface area contributed by atoms with Crippen molar-refractivity contribution < 1.29 is 19.4 Å². The van der Waals surface area contributed by atoms with E-state index in [1.54, 1.807) is 6.08 Å². The van der Waals surface area contributed by atoms with Crippen LogP contribution >= 0.6 is 0 Å². The van der Waals surface area contributed by atoms with Crippen LogP contribution in [0.4, 0.5) is 0 Å². The number of phenolic OH excluding ortho intramolecular Hbond substituents is 1. The zero-order valence-corrected chi connectivity index (χ0v) is 12.6. The zero-order valence-electron chi connectivity index (χ0n) is 12.6. The summed E-state index contributed by atoms with van der Waals surface area (Å²) >= 11 is 0. The highest BCUT2D eigenvalue weighted by molar-refractivity contribution is 5.93. The van der Waals surface area contributed by atoms with E-state index in [-0.39, 0.29) is 11.3 Å². The van der Waals surface area contributed by atoms with Crippen molar-refractivity contribution in [1.82, 2.24) is 0 Å². The van der Waals surface area contributed by atoms with Gasteiger partial charge in [0.2, 0.25) is 0 Å². The average Bonchev–Trinajstić information content (AvgIpc) is 2.36. The van der Waals surface area contributed by atoms with Gasteiger partial charge in [-0.15, -0.1) is 0 Å². The first-order chi connectivity index (χ1) is 9.74. The minimum absolute atomic E-state index is 0.100. The van der Waals surface area contributed by atoms with Gasteiger partial charge in [0.15, 0.2) is 6.29 Å². The molecular formula is C17H18O4. The second kappa shape index (κ2) is 4.13. The number of ether oxygens (including phenoxy) is 2. The van der Waals surface area contributed by atoms with Gasteiger partial charge < -0.3 is 14.6 Å². The molecule has 0 aliphatic carbocycles. The van der Waals surface area contributed by atoms with Crippen LogP contribution in [0, 0.1) is 0 Å². The van der Waals surface area contributed by atoms with Crippen molar-refractivity contribution in [2.45, 2.75) is 38.9 Å². The molecule has 1 aromatic carbocycles. The SMILES string of the molecule is CC1(C)C=Cc2c(c(C=O)c(O)c3c2OC(C)(C)C=C3)O1. The molecule has 0 unspecified atom stereocenters. The first-order valence-electron chi connectivity index (χ1n) is 6.89. The Bertz CT molecular complexity index is 691. The van der Waals surface area contributed by atoms with E-state index in [0.717, 1.165) is 0 Å².